The van der Waals surface area contributed by atoms with Crippen LogP contribution >= 0.6 is 0 Å². The minimum atomic E-state index is -0.0582. The first-order chi connectivity index (χ1) is 9.70. The average Bonchev–Trinajstić information content (AvgIpc) is 2.31. The van der Waals surface area contributed by atoms with Crippen LogP contribution < -0.4 is 5.32 Å². The summed E-state index contributed by atoms with van der Waals surface area (Å²) < 4.78 is 0. The van der Waals surface area contributed by atoms with Crippen molar-refractivity contribution in [3.8, 4) is 0 Å². The predicted octanol–water partition coefficient (Wildman–Crippen LogP) is 2.25. The van der Waals surface area contributed by atoms with Crippen LogP contribution in [0.2, 0.25) is 0 Å². The molecule has 0 bridgehead atoms. The summed E-state index contributed by atoms with van der Waals surface area (Å²) in [5, 5.41) is 2.82. The predicted molar refractivity (Wildman–Crippen MR) is 85.8 cm³/mol. The standard InChI is InChI=1S/C17H26N2O2/c1-11(2)18-17(21)10-19(6)9-16(20)15-8-13(4)12(3)7-14(15)5/h7-8,11H,9-10H2,1-6H3,(H,18,21). The Morgan fingerprint density at radius 2 is 1.62 bits per heavy atom. The molecule has 0 aliphatic heterocycles. The van der Waals surface area contributed by atoms with E-state index in [0.29, 0.717) is 0 Å². The van der Waals surface area contributed by atoms with E-state index < -0.39 is 0 Å². The van der Waals surface area contributed by atoms with Crippen molar-refractivity contribution in [1.29, 1.82) is 0 Å². The first kappa shape index (κ1) is 17.4. The summed E-state index contributed by atoms with van der Waals surface area (Å²) in [5.74, 6) is -0.00689. The summed E-state index contributed by atoms with van der Waals surface area (Å²) in [6.07, 6.45) is 0. The number of ketones is 1. The molecule has 0 heterocycles. The molecule has 1 N–H and O–H groups in total. The van der Waals surface area contributed by atoms with Crippen LogP contribution in [0.15, 0.2) is 12.1 Å². The van der Waals surface area contributed by atoms with Crippen LogP contribution in [-0.4, -0.2) is 42.8 Å². The number of nitrogens with one attached hydrogen (secondary N) is 1. The highest BCUT2D eigenvalue weighted by Crippen LogP contribution is 2.16. The van der Waals surface area contributed by atoms with E-state index in [1.54, 1.807) is 11.9 Å². The molecule has 21 heavy (non-hydrogen) atoms. The molecule has 0 spiro atoms. The van der Waals surface area contributed by atoms with E-state index >= 15 is 0 Å². The average molecular weight is 290 g/mol. The minimum Gasteiger partial charge on any atom is -0.353 e. The Morgan fingerprint density at radius 3 is 2.19 bits per heavy atom. The Hall–Kier alpha value is -1.68. The van der Waals surface area contributed by atoms with Gasteiger partial charge in [0.25, 0.3) is 0 Å². The molecule has 1 amide bonds. The number of carbonyl (C=O) groups excluding carboxylic acids is 2. The number of benzene rings is 1. The quantitative estimate of drug-likeness (QED) is 0.818. The Bertz CT molecular complexity index is 536. The lowest BCUT2D eigenvalue weighted by molar-refractivity contribution is -0.122. The number of aryl methyl sites for hydroxylation is 3. The molecule has 116 valence electrons. The largest absolute Gasteiger partial charge is 0.353 e. The third-order valence-electron chi connectivity index (χ3n) is 3.42. The zero-order valence-electron chi connectivity index (χ0n) is 13.9. The smallest absolute Gasteiger partial charge is 0.234 e. The molecule has 1 aromatic rings. The lowest BCUT2D eigenvalue weighted by Gasteiger charge is -2.17. The van der Waals surface area contributed by atoms with Gasteiger partial charge in [-0.05, 0) is 64.4 Å². The van der Waals surface area contributed by atoms with Gasteiger partial charge >= 0.3 is 0 Å². The third kappa shape index (κ3) is 5.31. The van der Waals surface area contributed by atoms with Gasteiger partial charge in [0.1, 0.15) is 0 Å². The summed E-state index contributed by atoms with van der Waals surface area (Å²) in [5.41, 5.74) is 4.04. The van der Waals surface area contributed by atoms with Crippen molar-refractivity contribution < 1.29 is 9.59 Å². The molecule has 0 saturated carbocycles. The number of nitrogens with zero attached hydrogens (tertiary/aromatic N) is 1. The highest BCUT2D eigenvalue weighted by molar-refractivity contribution is 5.99. The van der Waals surface area contributed by atoms with Gasteiger partial charge in [0.2, 0.25) is 5.91 Å². The molecule has 0 unspecified atom stereocenters. The van der Waals surface area contributed by atoms with Gasteiger partial charge in [0.05, 0.1) is 13.1 Å². The van der Waals surface area contributed by atoms with Crippen molar-refractivity contribution in [2.24, 2.45) is 0 Å². The highest BCUT2D eigenvalue weighted by Gasteiger charge is 2.15. The molecule has 0 aliphatic carbocycles. The van der Waals surface area contributed by atoms with Gasteiger partial charge in [-0.3, -0.25) is 14.5 Å². The van der Waals surface area contributed by atoms with E-state index in [1.807, 2.05) is 46.8 Å². The van der Waals surface area contributed by atoms with Gasteiger partial charge in [-0.15, -0.1) is 0 Å². The molecule has 1 aromatic carbocycles. The van der Waals surface area contributed by atoms with Crippen LogP contribution in [0.1, 0.15) is 40.9 Å². The molecule has 0 atom stereocenters. The Kier molecular flexibility index (Phi) is 6.09. The second-order valence-electron chi connectivity index (χ2n) is 6.07. The molecule has 4 nitrogen and oxygen atoms in total. The van der Waals surface area contributed by atoms with Crippen LogP contribution in [0, 0.1) is 20.8 Å². The monoisotopic (exact) mass is 290 g/mol. The molecule has 4 heteroatoms. The zero-order chi connectivity index (χ0) is 16.2. The van der Waals surface area contributed by atoms with Crippen molar-refractivity contribution in [2.45, 2.75) is 40.7 Å². The summed E-state index contributed by atoms with van der Waals surface area (Å²) in [4.78, 5) is 25.8. The Morgan fingerprint density at radius 1 is 1.05 bits per heavy atom. The molecular formula is C17H26N2O2. The van der Waals surface area contributed by atoms with E-state index in [2.05, 4.69) is 5.32 Å². The molecule has 0 aliphatic rings. The van der Waals surface area contributed by atoms with Crippen molar-refractivity contribution in [3.63, 3.8) is 0 Å². The number of hydrogen-bond donors (Lipinski definition) is 1. The van der Waals surface area contributed by atoms with Crippen LogP contribution in [0.5, 0.6) is 0 Å². The first-order valence-corrected chi connectivity index (χ1v) is 7.29. The maximum Gasteiger partial charge on any atom is 0.234 e. The summed E-state index contributed by atoms with van der Waals surface area (Å²) in [6.45, 7) is 10.3. The SMILES string of the molecule is Cc1cc(C)c(C(=O)CN(C)CC(=O)NC(C)C)cc1C. The fraction of sp³-hybridized carbons (Fsp3) is 0.529. The van der Waals surface area contributed by atoms with Crippen LogP contribution in [0.3, 0.4) is 0 Å². The Balaban J connectivity index is 2.69. The summed E-state index contributed by atoms with van der Waals surface area (Å²) in [6, 6.07) is 4.09. The van der Waals surface area contributed by atoms with Gasteiger partial charge in [-0.2, -0.15) is 0 Å². The molecule has 0 saturated heterocycles. The zero-order valence-corrected chi connectivity index (χ0v) is 13.9. The molecule has 0 fully saturated rings. The maximum absolute atomic E-state index is 12.4. The fourth-order valence-electron chi connectivity index (χ4n) is 2.26. The summed E-state index contributed by atoms with van der Waals surface area (Å²) in [7, 11) is 1.79. The maximum atomic E-state index is 12.4. The third-order valence-corrected chi connectivity index (χ3v) is 3.42. The summed E-state index contributed by atoms with van der Waals surface area (Å²) >= 11 is 0. The second kappa shape index (κ2) is 7.36. The van der Waals surface area contributed by atoms with Crippen LogP contribution in [0.25, 0.3) is 0 Å². The number of likely N-dealkylation sites (N-methyl/N-ethyl adjacent to an activating group) is 1. The number of carbonyl (C=O) groups is 2. The second-order valence-corrected chi connectivity index (χ2v) is 6.07. The van der Waals surface area contributed by atoms with Gasteiger partial charge in [0, 0.05) is 11.6 Å². The Labute approximate surface area is 127 Å². The number of hydrogen-bond acceptors (Lipinski definition) is 3. The number of rotatable bonds is 6. The van der Waals surface area contributed by atoms with Gasteiger partial charge in [-0.25, -0.2) is 0 Å². The first-order valence-electron chi connectivity index (χ1n) is 7.29. The normalized spacial score (nSPS) is 11.0. The highest BCUT2D eigenvalue weighted by atomic mass is 16.2. The minimum absolute atomic E-state index is 0.0513. The van der Waals surface area contributed by atoms with Crippen LogP contribution in [-0.2, 0) is 4.79 Å². The number of amides is 1. The van der Waals surface area contributed by atoms with Gasteiger partial charge in [-0.1, -0.05) is 6.07 Å². The topological polar surface area (TPSA) is 49.4 Å². The molecular weight excluding hydrogens is 264 g/mol. The van der Waals surface area contributed by atoms with E-state index in [-0.39, 0.29) is 30.8 Å². The molecule has 0 aromatic heterocycles. The van der Waals surface area contributed by atoms with Gasteiger partial charge in [0.15, 0.2) is 5.78 Å². The van der Waals surface area contributed by atoms with Gasteiger partial charge < -0.3 is 5.32 Å². The lowest BCUT2D eigenvalue weighted by Crippen LogP contribution is -2.40. The molecule has 1 rings (SSSR count). The van der Waals surface area contributed by atoms with Crippen LogP contribution in [0.4, 0.5) is 0 Å². The fourth-order valence-corrected chi connectivity index (χ4v) is 2.26. The number of Topliss-reactive ketones (excluding diaryl/α,β-unsaturated/α-hetero) is 1. The van der Waals surface area contributed by atoms with E-state index in [4.69, 9.17) is 0 Å². The van der Waals surface area contributed by atoms with E-state index in [0.717, 1.165) is 16.7 Å². The van der Waals surface area contributed by atoms with Crippen molar-refractivity contribution in [1.82, 2.24) is 10.2 Å². The molecule has 0 radical (unpaired) electrons. The van der Waals surface area contributed by atoms with E-state index in [9.17, 15) is 9.59 Å². The van der Waals surface area contributed by atoms with Crippen molar-refractivity contribution in [3.05, 3.63) is 34.4 Å². The van der Waals surface area contributed by atoms with Crippen molar-refractivity contribution >= 4 is 11.7 Å². The lowest BCUT2D eigenvalue weighted by atomic mass is 9.98. The van der Waals surface area contributed by atoms with Crippen molar-refractivity contribution in [2.75, 3.05) is 20.1 Å². The van der Waals surface area contributed by atoms with E-state index in [1.165, 1.54) is 5.56 Å².